The molecule has 0 radical (unpaired) electrons. The molecule has 0 spiro atoms. The van der Waals surface area contributed by atoms with Gasteiger partial charge in [0, 0.05) is 97.6 Å². The van der Waals surface area contributed by atoms with Gasteiger partial charge in [0.15, 0.2) is 10.3 Å². The summed E-state index contributed by atoms with van der Waals surface area (Å²) in [4.78, 5) is 64.2. The molecule has 2 aliphatic carbocycles. The number of carbonyl (C=O) groups excluding carboxylic acids is 2. The molecule has 0 saturated carbocycles. The van der Waals surface area contributed by atoms with Crippen LogP contribution in [0.4, 0.5) is 35.1 Å². The number of fused-ring (bicyclic) bond motifs is 2. The average Bonchev–Trinajstić information content (AvgIpc) is 1.50. The molecule has 0 saturated heterocycles. The van der Waals surface area contributed by atoms with E-state index in [4.69, 9.17) is 42.5 Å². The molecule has 22 heteroatoms. The van der Waals surface area contributed by atoms with Gasteiger partial charge in [-0.1, -0.05) is 148 Å². The van der Waals surface area contributed by atoms with Crippen molar-refractivity contribution in [3.05, 3.63) is 233 Å². The van der Waals surface area contributed by atoms with E-state index in [1.54, 1.807) is 0 Å². The predicted molar refractivity (Wildman–Crippen MR) is 358 cm³/mol. The number of likely N-dealkylation sites (N-methyl/N-ethyl adjacent to an activating group) is 2. The molecule has 2 heterocycles. The third kappa shape index (κ3) is 19.0. The summed E-state index contributed by atoms with van der Waals surface area (Å²) in [6, 6.07) is -2.72. The quantitative estimate of drug-likeness (QED) is 0.0295. The number of amides is 2. The number of benzene rings is 6. The van der Waals surface area contributed by atoms with E-state index in [0.29, 0.717) is 30.0 Å². The van der Waals surface area contributed by atoms with Crippen LogP contribution in [0.15, 0.2) is 159 Å². The van der Waals surface area contributed by atoms with E-state index in [1.165, 1.54) is 38.1 Å². The minimum Gasteiger partial charge on any atom is -0.336 e. The van der Waals surface area contributed by atoms with Gasteiger partial charge in [0.25, 0.3) is 11.1 Å². The molecule has 0 N–H and O–H groups in total. The van der Waals surface area contributed by atoms with Crippen molar-refractivity contribution in [2.75, 3.05) is 52.1 Å². The zero-order valence-corrected chi connectivity index (χ0v) is 52.1. The first-order valence-corrected chi connectivity index (χ1v) is 29.9. The number of aromatic nitrogens is 4. The molecule has 0 fully saturated rings. The van der Waals surface area contributed by atoms with Crippen LogP contribution < -0.4 is 11.1 Å². The minimum absolute atomic E-state index is 0.0541. The Morgan fingerprint density at radius 3 is 1.64 bits per heavy atom. The molecule has 0 unspecified atom stereocenters. The zero-order valence-electron chi connectivity index (χ0n) is 87.4. The highest BCUT2D eigenvalue weighted by Crippen LogP contribution is 2.36. The minimum atomic E-state index is -5.31. The Labute approximate surface area is 609 Å². The first kappa shape index (κ1) is 37.0. The Hall–Kier alpha value is -7.92. The third-order valence-corrected chi connectivity index (χ3v) is 15.2. The monoisotopic (exact) mass is 1380 g/mol. The topological polar surface area (TPSA) is 117 Å². The standard InChI is InChI=1S/C37H40F4N4O2S.C36H38F4N4O2S/c1-4-43(5-2)19-20-44(22-26-9-13-28(14-10-26)29-15-18-32(25(3)21-29)37(39,40)41)34(46)23-45-33-8-6-7-31(33)35(47)42-36(45)48-24-27-11-16-30(38)17-12-27;1-3-42(4-2)20-21-43(22-25-8-12-27(13-9-25)28-14-16-29(17-15-28)36(38,39)40)33(45)23-44-32-7-5-6-31(32)34(46)41-35(44)47-24-26-10-18-30(37)19-11-26/h9-18,21H,4-8,19-20,22-24H2,1-3H3;8-19H,3-7,20-24H2,1-2H3/i6D2,7D2,8D2,9D,10D,11D,12D,13D,14D,15D,16D,17D,18D,19D2,20D2,21D,22D2,24D2;3D2,4D2,20D2,21D2,22D2,24D2. The molecule has 2 aliphatic rings. The van der Waals surface area contributed by atoms with Crippen LogP contribution in [0.2, 0.25) is 0 Å². The van der Waals surface area contributed by atoms with Gasteiger partial charge in [-0.3, -0.25) is 19.2 Å². The highest BCUT2D eigenvalue weighted by molar-refractivity contribution is 7.98. The van der Waals surface area contributed by atoms with Gasteiger partial charge in [-0.25, -0.2) is 8.78 Å². The number of hydrogen-bond donors (Lipinski definition) is 0. The van der Waals surface area contributed by atoms with Crippen LogP contribution >= 0.6 is 23.5 Å². The number of rotatable bonds is 26. The molecule has 2 amide bonds. The smallest absolute Gasteiger partial charge is 0.336 e. The second-order valence-electron chi connectivity index (χ2n) is 19.8. The van der Waals surface area contributed by atoms with Crippen LogP contribution in [0, 0.1) is 18.6 Å². The van der Waals surface area contributed by atoms with E-state index in [2.05, 4.69) is 9.97 Å². The summed E-state index contributed by atoms with van der Waals surface area (Å²) >= 11 is -0.100. The van der Waals surface area contributed by atoms with Gasteiger partial charge in [0.2, 0.25) is 11.8 Å². The van der Waals surface area contributed by atoms with Crippen LogP contribution in [0.3, 0.4) is 0 Å². The molecule has 8 aromatic rings. The molecule has 2 aromatic heterocycles. The molecule has 0 bridgehead atoms. The van der Waals surface area contributed by atoms with E-state index in [0.717, 1.165) is 66.9 Å². The van der Waals surface area contributed by atoms with Crippen LogP contribution in [-0.4, -0.2) is 103 Å². The Morgan fingerprint density at radius 2 is 1.07 bits per heavy atom. The summed E-state index contributed by atoms with van der Waals surface area (Å²) in [6.07, 6.45) is -20.5. The molecule has 0 aliphatic heterocycles. The van der Waals surface area contributed by atoms with Crippen molar-refractivity contribution in [3.8, 4) is 22.3 Å². The van der Waals surface area contributed by atoms with E-state index >= 15 is 4.79 Å². The number of nitrogens with zero attached hydrogens (tertiary/aromatic N) is 8. The van der Waals surface area contributed by atoms with Gasteiger partial charge in [0.1, 0.15) is 24.7 Å². The van der Waals surface area contributed by atoms with Crippen molar-refractivity contribution in [2.45, 2.75) is 133 Å². The van der Waals surface area contributed by atoms with E-state index in [9.17, 15) is 57.7 Å². The van der Waals surface area contributed by atoms with Crippen LogP contribution in [-0.2, 0) is 85.0 Å². The lowest BCUT2D eigenvalue weighted by atomic mass is 9.98. The van der Waals surface area contributed by atoms with Gasteiger partial charge < -0.3 is 28.7 Å². The largest absolute Gasteiger partial charge is 0.416 e. The predicted octanol–water partition coefficient (Wildman–Crippen LogP) is 14.7. The molecule has 10 rings (SSSR count). The normalized spacial score (nSPS) is 21.6. The van der Waals surface area contributed by atoms with Crippen LogP contribution in [0.1, 0.15) is 153 Å². The fourth-order valence-corrected chi connectivity index (χ4v) is 10.3. The number of thioether (sulfide) groups is 2. The highest BCUT2D eigenvalue weighted by atomic mass is 32.2. The molecule has 12 nitrogen and oxygen atoms in total. The van der Waals surface area contributed by atoms with Crippen molar-refractivity contribution in [1.29, 1.82) is 0 Å². The number of halogens is 8. The van der Waals surface area contributed by atoms with Gasteiger partial charge in [-0.05, 0) is 164 Å². The lowest BCUT2D eigenvalue weighted by Crippen LogP contribution is -2.40. The Balaban J connectivity index is 0.000000304. The van der Waals surface area contributed by atoms with Gasteiger partial charge >= 0.3 is 12.4 Å². The van der Waals surface area contributed by atoms with Gasteiger partial charge in [-0.2, -0.15) is 36.3 Å². The van der Waals surface area contributed by atoms with Crippen molar-refractivity contribution >= 4 is 35.3 Å². The number of hydrogen-bond acceptors (Lipinski definition) is 10. The maximum Gasteiger partial charge on any atom is 0.416 e. The lowest BCUT2D eigenvalue weighted by molar-refractivity contribution is -0.138. The molecular weight excluding hydrogens is 1270 g/mol. The van der Waals surface area contributed by atoms with Crippen LogP contribution in [0.5, 0.6) is 0 Å². The molecule has 95 heavy (non-hydrogen) atoms. The van der Waals surface area contributed by atoms with Crippen molar-refractivity contribution < 1.29 is 95.4 Å². The van der Waals surface area contributed by atoms with Crippen molar-refractivity contribution in [1.82, 2.24) is 38.7 Å². The summed E-state index contributed by atoms with van der Waals surface area (Å²) in [5.41, 5.74) is -19.8. The molecule has 6 aromatic carbocycles. The first-order chi connectivity index (χ1) is 59.7. The van der Waals surface area contributed by atoms with Crippen molar-refractivity contribution in [2.24, 2.45) is 0 Å². The molecule has 0 atom stereocenters. The maximum atomic E-state index is 15.2. The molecule has 502 valence electrons. The highest BCUT2D eigenvalue weighted by Gasteiger charge is 2.33. The van der Waals surface area contributed by atoms with E-state index in [1.807, 2.05) is 0 Å². The fourth-order valence-electron chi connectivity index (χ4n) is 8.82. The third-order valence-electron chi connectivity index (χ3n) is 13.6. The second-order valence-corrected chi connectivity index (χ2v) is 21.3. The Bertz CT molecular complexity index is 5900. The summed E-state index contributed by atoms with van der Waals surface area (Å²) in [6.45, 7) is -28.2. The summed E-state index contributed by atoms with van der Waals surface area (Å²) in [5, 5.41) is -1.74. The van der Waals surface area contributed by atoms with E-state index < -0.39 is 305 Å². The lowest BCUT2D eigenvalue weighted by Gasteiger charge is -2.28. The fraction of sp³-hybridized carbons (Fsp3) is 0.370. The van der Waals surface area contributed by atoms with Crippen molar-refractivity contribution in [3.63, 3.8) is 0 Å². The average molecular weight is 1380 g/mol. The number of alkyl halides is 6. The van der Waals surface area contributed by atoms with E-state index in [-0.39, 0.29) is 55.2 Å². The van der Waals surface area contributed by atoms with Gasteiger partial charge in [0.05, 0.1) is 37.2 Å². The van der Waals surface area contributed by atoms with Gasteiger partial charge in [-0.15, -0.1) is 0 Å². The number of carbonyl (C=O) groups is 2. The summed E-state index contributed by atoms with van der Waals surface area (Å²) in [7, 11) is 0. The molecular formula is C73H78F8N8O4S2. The Morgan fingerprint density at radius 1 is 0.558 bits per heavy atom. The van der Waals surface area contributed by atoms with Crippen LogP contribution in [0.25, 0.3) is 22.3 Å². The SMILES string of the molecule is [2H]C([2H])(Sc1nc(=O)c2c(n1CC(=O)N(C([2H])([2H])c1ccc(-c3ccc(C(F)(F)F)cc3)cc1)C([2H])([2H])C([2H])([2H])N(C([2H])([2H])C)C([2H])([2H])C)CCC2)c1ccc(F)cc1.[2H]c1c([2H])c(C([2H])([2H])Sc2nc(=O)c3c(n2CC(=O)N(C([2H])([2H])c2c([2H])c([2H])c(-c4c([2H])c([2H])c(C(F)(F)F)c(C)c4[2H])c([2H])c2[2H])C([2H])([2H])C([2H])([2H])N(CC)CC)C([2H])([2H])C([2H])([2H])C3([2H])[2H])c([2H])c([2H])c1F. The second kappa shape index (κ2) is 32.7. The zero-order chi connectivity index (χ0) is 101. The Kier molecular flexibility index (Phi) is 12.7. The summed E-state index contributed by atoms with van der Waals surface area (Å²) < 4.78 is 434. The maximum absolute atomic E-state index is 15.2. The first-order valence-electron chi connectivity index (χ1n) is 46.7. The summed E-state index contributed by atoms with van der Waals surface area (Å²) in [5.74, 6) is -6.10.